The van der Waals surface area contributed by atoms with Crippen LogP contribution in [0.2, 0.25) is 0 Å². The molecular weight excluding hydrogens is 480 g/mol. The lowest BCUT2D eigenvalue weighted by molar-refractivity contribution is 0.0800. The zero-order valence-electron chi connectivity index (χ0n) is 19.3. The highest BCUT2D eigenvalue weighted by Gasteiger charge is 2.36. The van der Waals surface area contributed by atoms with Crippen molar-refractivity contribution >= 4 is 11.4 Å². The standard InChI is InChI=1S/C27H17F2N5O3/c1-33-12-5-7-21(26(33)36)27(37,22-14-18(28)8-9-23(22)29)11-4-2-3-6-19-20(25(31)35)10-13-34-24(19)17(15-30)16-32-34/h5,7-10,12-14,16,37H,11H2,1H3,(H2,31,35). The van der Waals surface area contributed by atoms with Crippen LogP contribution in [0.3, 0.4) is 0 Å². The highest BCUT2D eigenvalue weighted by atomic mass is 19.1. The van der Waals surface area contributed by atoms with Crippen molar-refractivity contribution in [3.8, 4) is 29.8 Å². The first-order valence-corrected chi connectivity index (χ1v) is 10.7. The molecule has 1 atom stereocenters. The number of hydrogen-bond donors (Lipinski definition) is 2. The maximum Gasteiger partial charge on any atom is 0.256 e. The Labute approximate surface area is 209 Å². The van der Waals surface area contributed by atoms with Crippen molar-refractivity contribution in [1.29, 1.82) is 5.26 Å². The van der Waals surface area contributed by atoms with Crippen LogP contribution >= 0.6 is 0 Å². The van der Waals surface area contributed by atoms with Crippen LogP contribution < -0.4 is 11.3 Å². The lowest BCUT2D eigenvalue weighted by Gasteiger charge is -2.27. The van der Waals surface area contributed by atoms with Crippen molar-refractivity contribution in [2.75, 3.05) is 0 Å². The molecule has 0 saturated heterocycles. The number of nitrogens with two attached hydrogens (primary N) is 1. The summed E-state index contributed by atoms with van der Waals surface area (Å²) >= 11 is 0. The monoisotopic (exact) mass is 497 g/mol. The molecule has 37 heavy (non-hydrogen) atoms. The molecule has 3 N–H and O–H groups in total. The minimum atomic E-state index is -2.30. The largest absolute Gasteiger partial charge is 0.379 e. The fourth-order valence-corrected chi connectivity index (χ4v) is 3.87. The van der Waals surface area contributed by atoms with Crippen molar-refractivity contribution in [3.05, 3.63) is 105 Å². The van der Waals surface area contributed by atoms with E-state index in [0.717, 1.165) is 18.2 Å². The van der Waals surface area contributed by atoms with Gasteiger partial charge in [-0.2, -0.15) is 10.4 Å². The molecule has 0 spiro atoms. The van der Waals surface area contributed by atoms with E-state index in [1.807, 2.05) is 6.07 Å². The van der Waals surface area contributed by atoms with Gasteiger partial charge >= 0.3 is 0 Å². The van der Waals surface area contributed by atoms with Crippen LogP contribution in [-0.2, 0) is 12.6 Å². The van der Waals surface area contributed by atoms with E-state index >= 15 is 0 Å². The van der Waals surface area contributed by atoms with Gasteiger partial charge < -0.3 is 15.4 Å². The molecule has 0 fully saturated rings. The maximum atomic E-state index is 14.7. The van der Waals surface area contributed by atoms with E-state index in [-0.39, 0.29) is 27.8 Å². The minimum Gasteiger partial charge on any atom is -0.379 e. The molecule has 0 saturated carbocycles. The minimum absolute atomic E-state index is 0.0462. The van der Waals surface area contributed by atoms with Gasteiger partial charge in [0, 0.05) is 31.4 Å². The normalized spacial score (nSPS) is 12.0. The predicted molar refractivity (Wildman–Crippen MR) is 129 cm³/mol. The Bertz CT molecular complexity index is 1790. The van der Waals surface area contributed by atoms with E-state index in [0.29, 0.717) is 0 Å². The number of aromatic nitrogens is 3. The van der Waals surface area contributed by atoms with Crippen LogP contribution in [0.5, 0.6) is 0 Å². The van der Waals surface area contributed by atoms with Gasteiger partial charge in [0.2, 0.25) is 5.91 Å². The van der Waals surface area contributed by atoms with Gasteiger partial charge in [0.15, 0.2) is 0 Å². The number of carbonyl (C=O) groups excluding carboxylic acids is 1. The first kappa shape index (κ1) is 24.9. The number of amides is 1. The Morgan fingerprint density at radius 3 is 2.70 bits per heavy atom. The quantitative estimate of drug-likeness (QED) is 0.417. The smallest absolute Gasteiger partial charge is 0.256 e. The number of halogens is 2. The fourth-order valence-electron chi connectivity index (χ4n) is 3.87. The first-order chi connectivity index (χ1) is 17.7. The number of pyridine rings is 2. The molecule has 0 bridgehead atoms. The topological polar surface area (TPSA) is 126 Å². The van der Waals surface area contributed by atoms with Crippen molar-refractivity contribution < 1.29 is 18.7 Å². The van der Waals surface area contributed by atoms with Crippen LogP contribution in [0.1, 0.15) is 39.0 Å². The zero-order chi connectivity index (χ0) is 26.7. The van der Waals surface area contributed by atoms with E-state index in [4.69, 9.17) is 5.73 Å². The molecule has 4 aromatic rings. The number of carbonyl (C=O) groups is 1. The SMILES string of the molecule is Cn1cccc(C(O)(CC#CC#Cc2c(C(N)=O)ccn3ncc(C#N)c23)c2cc(F)ccc2F)c1=O. The van der Waals surface area contributed by atoms with Gasteiger partial charge in [-0.1, -0.05) is 5.92 Å². The van der Waals surface area contributed by atoms with Crippen molar-refractivity contribution in [3.63, 3.8) is 0 Å². The molecule has 1 aromatic carbocycles. The van der Waals surface area contributed by atoms with Crippen molar-refractivity contribution in [2.24, 2.45) is 12.8 Å². The van der Waals surface area contributed by atoms with Crippen LogP contribution in [0, 0.1) is 46.6 Å². The summed E-state index contributed by atoms with van der Waals surface area (Å²) in [7, 11) is 1.45. The van der Waals surface area contributed by atoms with E-state index < -0.39 is 40.7 Å². The van der Waals surface area contributed by atoms with Gasteiger partial charge in [-0.05, 0) is 54.2 Å². The molecule has 4 rings (SSSR count). The number of benzene rings is 1. The summed E-state index contributed by atoms with van der Waals surface area (Å²) in [5.41, 5.74) is 2.46. The predicted octanol–water partition coefficient (Wildman–Crippen LogP) is 1.96. The molecule has 8 nitrogen and oxygen atoms in total. The van der Waals surface area contributed by atoms with E-state index in [1.165, 1.54) is 52.9 Å². The maximum absolute atomic E-state index is 14.7. The zero-order valence-corrected chi connectivity index (χ0v) is 19.3. The van der Waals surface area contributed by atoms with Crippen LogP contribution in [-0.4, -0.2) is 25.2 Å². The summed E-state index contributed by atoms with van der Waals surface area (Å²) in [6, 6.07) is 8.70. The van der Waals surface area contributed by atoms with Crippen LogP contribution in [0.15, 0.2) is 59.8 Å². The first-order valence-electron chi connectivity index (χ1n) is 10.7. The summed E-state index contributed by atoms with van der Waals surface area (Å²) < 4.78 is 31.2. The summed E-state index contributed by atoms with van der Waals surface area (Å²) in [5.74, 6) is 7.79. The summed E-state index contributed by atoms with van der Waals surface area (Å²) in [6.07, 6.45) is 3.71. The number of rotatable bonds is 4. The van der Waals surface area contributed by atoms with Gasteiger partial charge in [-0.3, -0.25) is 9.59 Å². The highest BCUT2D eigenvalue weighted by molar-refractivity contribution is 5.98. The third kappa shape index (κ3) is 4.55. The van der Waals surface area contributed by atoms with E-state index in [9.17, 15) is 28.7 Å². The fraction of sp³-hybridized carbons (Fsp3) is 0.111. The number of hydrogen-bond acceptors (Lipinski definition) is 5. The van der Waals surface area contributed by atoms with Gasteiger partial charge in [0.05, 0.1) is 28.5 Å². The van der Waals surface area contributed by atoms with E-state index in [1.54, 1.807) is 0 Å². The Morgan fingerprint density at radius 2 is 1.97 bits per heavy atom. The summed E-state index contributed by atoms with van der Waals surface area (Å²) in [5, 5.41) is 24.9. The van der Waals surface area contributed by atoms with Gasteiger partial charge in [-0.15, -0.1) is 0 Å². The summed E-state index contributed by atoms with van der Waals surface area (Å²) in [6.45, 7) is 0. The Balaban J connectivity index is 1.81. The summed E-state index contributed by atoms with van der Waals surface area (Å²) in [4.78, 5) is 24.7. The van der Waals surface area contributed by atoms with Crippen molar-refractivity contribution in [2.45, 2.75) is 12.0 Å². The highest BCUT2D eigenvalue weighted by Crippen LogP contribution is 2.33. The number of aliphatic hydroxyl groups is 1. The van der Waals surface area contributed by atoms with E-state index in [2.05, 4.69) is 28.8 Å². The lowest BCUT2D eigenvalue weighted by atomic mass is 9.84. The third-order valence-electron chi connectivity index (χ3n) is 5.70. The third-order valence-corrected chi connectivity index (χ3v) is 5.70. The molecule has 10 heteroatoms. The number of primary amides is 1. The lowest BCUT2D eigenvalue weighted by Crippen LogP contribution is -2.36. The average Bonchev–Trinajstić information content (AvgIpc) is 3.30. The number of nitrogens with zero attached hydrogens (tertiary/aromatic N) is 4. The molecule has 0 radical (unpaired) electrons. The second-order valence-corrected chi connectivity index (χ2v) is 7.98. The van der Waals surface area contributed by atoms with Gasteiger partial charge in [-0.25, -0.2) is 13.3 Å². The van der Waals surface area contributed by atoms with Crippen LogP contribution in [0.25, 0.3) is 5.52 Å². The number of fused-ring (bicyclic) bond motifs is 1. The van der Waals surface area contributed by atoms with Crippen molar-refractivity contribution in [1.82, 2.24) is 14.2 Å². The van der Waals surface area contributed by atoms with Crippen LogP contribution in [0.4, 0.5) is 8.78 Å². The molecule has 3 aromatic heterocycles. The molecule has 182 valence electrons. The number of aryl methyl sites for hydroxylation is 1. The van der Waals surface area contributed by atoms with Gasteiger partial charge in [0.1, 0.15) is 28.8 Å². The molecule has 0 aliphatic rings. The molecule has 0 aliphatic carbocycles. The Kier molecular flexibility index (Phi) is 6.58. The molecule has 1 amide bonds. The molecule has 1 unspecified atom stereocenters. The second kappa shape index (κ2) is 9.79. The average molecular weight is 497 g/mol. The number of nitriles is 1. The molecular formula is C27H17F2N5O3. The molecule has 3 heterocycles. The molecule has 0 aliphatic heterocycles. The van der Waals surface area contributed by atoms with Gasteiger partial charge in [0.25, 0.3) is 5.56 Å². The second-order valence-electron chi connectivity index (χ2n) is 7.98. The Morgan fingerprint density at radius 1 is 1.19 bits per heavy atom. The Hall–Kier alpha value is -5.24.